The predicted molar refractivity (Wildman–Crippen MR) is 90.0 cm³/mol. The lowest BCUT2D eigenvalue weighted by Crippen LogP contribution is -2.35. The zero-order chi connectivity index (χ0) is 17.4. The number of carbonyl (C=O) groups excluding carboxylic acids is 3. The fraction of sp³-hybridized carbons (Fsp3) is 0.278. The van der Waals surface area contributed by atoms with Crippen molar-refractivity contribution in [3.05, 3.63) is 47.4 Å². The monoisotopic (exact) mass is 339 g/mol. The van der Waals surface area contributed by atoms with Gasteiger partial charge in [0.15, 0.2) is 0 Å². The van der Waals surface area contributed by atoms with E-state index in [1.165, 1.54) is 6.26 Å². The minimum Gasteiger partial charge on any atom is -0.467 e. The Labute approximate surface area is 144 Å². The molecule has 3 heterocycles. The summed E-state index contributed by atoms with van der Waals surface area (Å²) in [5.74, 6) is -0.712. The molecule has 0 saturated carbocycles. The summed E-state index contributed by atoms with van der Waals surface area (Å²) in [4.78, 5) is 37.8. The maximum absolute atomic E-state index is 12.1. The summed E-state index contributed by atoms with van der Waals surface area (Å²) in [5.41, 5.74) is 3.65. The highest BCUT2D eigenvalue weighted by molar-refractivity contribution is 6.39. The first-order valence-corrected chi connectivity index (χ1v) is 8.19. The zero-order valence-corrected chi connectivity index (χ0v) is 13.5. The summed E-state index contributed by atoms with van der Waals surface area (Å²) >= 11 is 0. The van der Waals surface area contributed by atoms with Gasteiger partial charge in [-0.1, -0.05) is 0 Å². The topological polar surface area (TPSA) is 91.7 Å². The molecular formula is C18H17N3O4. The van der Waals surface area contributed by atoms with E-state index in [9.17, 15) is 14.4 Å². The first-order valence-electron chi connectivity index (χ1n) is 8.19. The van der Waals surface area contributed by atoms with Gasteiger partial charge in [0.2, 0.25) is 5.91 Å². The predicted octanol–water partition coefficient (Wildman–Crippen LogP) is 1.37. The standard InChI is InChI=1S/C18H17N3O4/c22-15-4-3-11-8-13(9-12-5-6-21(15)16(11)12)20-18(24)17(23)19-10-14-2-1-7-25-14/h1-2,7-9H,3-6,10H2,(H,19,23)(H,20,24). The lowest BCUT2D eigenvalue weighted by molar-refractivity contribution is -0.136. The largest absolute Gasteiger partial charge is 0.467 e. The van der Waals surface area contributed by atoms with Crippen molar-refractivity contribution in [3.8, 4) is 0 Å². The second kappa shape index (κ2) is 6.08. The van der Waals surface area contributed by atoms with Crippen LogP contribution < -0.4 is 15.5 Å². The Kier molecular flexibility index (Phi) is 3.76. The van der Waals surface area contributed by atoms with Crippen LogP contribution in [0.2, 0.25) is 0 Å². The highest BCUT2D eigenvalue weighted by atomic mass is 16.3. The van der Waals surface area contributed by atoms with Crippen LogP contribution in [0.15, 0.2) is 34.9 Å². The van der Waals surface area contributed by atoms with Crippen LogP contribution in [-0.2, 0) is 33.8 Å². The van der Waals surface area contributed by atoms with Gasteiger partial charge in [-0.25, -0.2) is 0 Å². The summed E-state index contributed by atoms with van der Waals surface area (Å²) in [6, 6.07) is 7.12. The molecule has 0 saturated heterocycles. The molecule has 2 N–H and O–H groups in total. The molecule has 0 unspecified atom stereocenters. The van der Waals surface area contributed by atoms with Crippen LogP contribution in [0.5, 0.6) is 0 Å². The number of nitrogens with one attached hydrogen (secondary N) is 2. The number of hydrogen-bond donors (Lipinski definition) is 2. The molecule has 0 atom stereocenters. The molecule has 2 aliphatic rings. The van der Waals surface area contributed by atoms with Crippen molar-refractivity contribution in [1.82, 2.24) is 5.32 Å². The van der Waals surface area contributed by atoms with Crippen molar-refractivity contribution in [2.45, 2.75) is 25.8 Å². The molecule has 25 heavy (non-hydrogen) atoms. The Morgan fingerprint density at radius 1 is 1.12 bits per heavy atom. The first-order chi connectivity index (χ1) is 12.1. The normalized spacial score (nSPS) is 15.0. The third-order valence-electron chi connectivity index (χ3n) is 4.52. The van der Waals surface area contributed by atoms with Crippen LogP contribution in [0.4, 0.5) is 11.4 Å². The molecule has 1 aromatic heterocycles. The first kappa shape index (κ1) is 15.4. The maximum atomic E-state index is 12.1. The molecule has 0 aliphatic carbocycles. The van der Waals surface area contributed by atoms with Crippen molar-refractivity contribution in [2.75, 3.05) is 16.8 Å². The van der Waals surface area contributed by atoms with E-state index < -0.39 is 11.8 Å². The summed E-state index contributed by atoms with van der Waals surface area (Å²) in [6.45, 7) is 0.841. The number of furan rings is 1. The van der Waals surface area contributed by atoms with Crippen molar-refractivity contribution in [2.24, 2.45) is 0 Å². The van der Waals surface area contributed by atoms with Crippen LogP contribution >= 0.6 is 0 Å². The Hall–Kier alpha value is -3.09. The molecule has 0 radical (unpaired) electrons. The average Bonchev–Trinajstić information content (AvgIpc) is 3.26. The summed E-state index contributed by atoms with van der Waals surface area (Å²) in [7, 11) is 0. The Bertz CT molecular complexity index is 857. The lowest BCUT2D eigenvalue weighted by Gasteiger charge is -2.25. The van der Waals surface area contributed by atoms with E-state index in [1.807, 2.05) is 17.0 Å². The van der Waals surface area contributed by atoms with Crippen LogP contribution in [-0.4, -0.2) is 24.3 Å². The highest BCUT2D eigenvalue weighted by Gasteiger charge is 2.31. The summed E-state index contributed by atoms with van der Waals surface area (Å²) in [5, 5.41) is 5.15. The molecule has 2 aliphatic heterocycles. The van der Waals surface area contributed by atoms with E-state index in [0.717, 1.165) is 23.2 Å². The summed E-state index contributed by atoms with van der Waals surface area (Å²) < 4.78 is 5.11. The van der Waals surface area contributed by atoms with Gasteiger partial charge in [-0.05, 0) is 48.2 Å². The molecule has 0 spiro atoms. The number of anilines is 2. The third-order valence-corrected chi connectivity index (χ3v) is 4.52. The van der Waals surface area contributed by atoms with Gasteiger partial charge in [0.25, 0.3) is 0 Å². The van der Waals surface area contributed by atoms with Gasteiger partial charge in [0, 0.05) is 18.7 Å². The third kappa shape index (κ3) is 2.88. The van der Waals surface area contributed by atoms with Gasteiger partial charge in [-0.3, -0.25) is 14.4 Å². The smallest absolute Gasteiger partial charge is 0.313 e. The van der Waals surface area contributed by atoms with Crippen LogP contribution in [0.3, 0.4) is 0 Å². The number of hydrogen-bond acceptors (Lipinski definition) is 4. The molecule has 7 heteroatoms. The van der Waals surface area contributed by atoms with Crippen molar-refractivity contribution >= 4 is 29.1 Å². The van der Waals surface area contributed by atoms with E-state index >= 15 is 0 Å². The molecule has 7 nitrogen and oxygen atoms in total. The van der Waals surface area contributed by atoms with E-state index in [-0.39, 0.29) is 12.5 Å². The number of carbonyl (C=O) groups is 3. The maximum Gasteiger partial charge on any atom is 0.313 e. The van der Waals surface area contributed by atoms with Gasteiger partial charge in [-0.15, -0.1) is 0 Å². The number of amides is 3. The molecule has 128 valence electrons. The summed E-state index contributed by atoms with van der Waals surface area (Å²) in [6.07, 6.45) is 3.41. The number of benzene rings is 1. The fourth-order valence-corrected chi connectivity index (χ4v) is 3.38. The van der Waals surface area contributed by atoms with Gasteiger partial charge in [0.05, 0.1) is 18.5 Å². The number of nitrogens with zero attached hydrogens (tertiary/aromatic N) is 1. The fourth-order valence-electron chi connectivity index (χ4n) is 3.38. The molecule has 0 bridgehead atoms. The SMILES string of the molecule is O=C(NCc1ccco1)C(=O)Nc1cc2c3c(c1)CCN3C(=O)CC2. The molecule has 3 amide bonds. The highest BCUT2D eigenvalue weighted by Crippen LogP contribution is 2.38. The molecule has 0 fully saturated rings. The van der Waals surface area contributed by atoms with E-state index in [4.69, 9.17) is 4.42 Å². The Morgan fingerprint density at radius 3 is 2.68 bits per heavy atom. The zero-order valence-electron chi connectivity index (χ0n) is 13.5. The second-order valence-corrected chi connectivity index (χ2v) is 6.15. The number of aryl methyl sites for hydroxylation is 1. The van der Waals surface area contributed by atoms with E-state index in [0.29, 0.717) is 30.8 Å². The van der Waals surface area contributed by atoms with E-state index in [2.05, 4.69) is 10.6 Å². The minimum absolute atomic E-state index is 0.153. The van der Waals surface area contributed by atoms with Crippen molar-refractivity contribution < 1.29 is 18.8 Å². The second-order valence-electron chi connectivity index (χ2n) is 6.15. The van der Waals surface area contributed by atoms with Crippen LogP contribution in [0, 0.1) is 0 Å². The molecule has 4 rings (SSSR count). The van der Waals surface area contributed by atoms with Crippen LogP contribution in [0.25, 0.3) is 0 Å². The van der Waals surface area contributed by atoms with Crippen LogP contribution in [0.1, 0.15) is 23.3 Å². The quantitative estimate of drug-likeness (QED) is 0.826. The van der Waals surface area contributed by atoms with Gasteiger partial charge in [-0.2, -0.15) is 0 Å². The average molecular weight is 339 g/mol. The molecule has 1 aromatic carbocycles. The molecular weight excluding hydrogens is 322 g/mol. The van der Waals surface area contributed by atoms with E-state index in [1.54, 1.807) is 12.1 Å². The minimum atomic E-state index is -0.722. The van der Waals surface area contributed by atoms with Crippen molar-refractivity contribution in [1.29, 1.82) is 0 Å². The van der Waals surface area contributed by atoms with Gasteiger partial charge < -0.3 is 20.0 Å². The lowest BCUT2D eigenvalue weighted by atomic mass is 9.98. The Balaban J connectivity index is 1.45. The van der Waals surface area contributed by atoms with Gasteiger partial charge >= 0.3 is 11.8 Å². The molecule has 2 aromatic rings. The Morgan fingerprint density at radius 2 is 1.92 bits per heavy atom. The number of rotatable bonds is 3. The van der Waals surface area contributed by atoms with Crippen molar-refractivity contribution in [3.63, 3.8) is 0 Å². The van der Waals surface area contributed by atoms with Gasteiger partial charge in [0.1, 0.15) is 5.76 Å².